The largest absolute Gasteiger partial charge is 0.361 e. The van der Waals surface area contributed by atoms with Gasteiger partial charge in [0.1, 0.15) is 12.2 Å². The standard InChI is InChI=1S/C16H23N3OSi/c1-6-13-10-17-16-15(14(13)7-2)18-11-19(16)12-20-8-9-21(3,4)5/h6-7,10-11H,1-2,8-9,12H2,3-5H3. The molecule has 0 aromatic carbocycles. The van der Waals surface area contributed by atoms with E-state index in [1.165, 1.54) is 0 Å². The molecular weight excluding hydrogens is 278 g/mol. The summed E-state index contributed by atoms with van der Waals surface area (Å²) in [6.07, 6.45) is 7.13. The van der Waals surface area contributed by atoms with E-state index >= 15 is 0 Å². The number of ether oxygens (including phenoxy) is 1. The Morgan fingerprint density at radius 1 is 1.24 bits per heavy atom. The van der Waals surface area contributed by atoms with Gasteiger partial charge in [-0.15, -0.1) is 0 Å². The first kappa shape index (κ1) is 15.7. The fourth-order valence-electron chi connectivity index (χ4n) is 2.05. The van der Waals surface area contributed by atoms with Crippen LogP contribution in [0.2, 0.25) is 25.7 Å². The van der Waals surface area contributed by atoms with Crippen LogP contribution in [0.3, 0.4) is 0 Å². The second-order valence-electron chi connectivity index (χ2n) is 6.27. The van der Waals surface area contributed by atoms with Gasteiger partial charge in [0.15, 0.2) is 5.65 Å². The Labute approximate surface area is 127 Å². The summed E-state index contributed by atoms with van der Waals surface area (Å²) in [5.74, 6) is 0. The Morgan fingerprint density at radius 3 is 2.62 bits per heavy atom. The molecule has 0 saturated carbocycles. The molecule has 2 rings (SSSR count). The van der Waals surface area contributed by atoms with E-state index in [-0.39, 0.29) is 0 Å². The molecule has 2 aromatic rings. The molecule has 0 radical (unpaired) electrons. The van der Waals surface area contributed by atoms with Crippen molar-refractivity contribution >= 4 is 31.4 Å². The average molecular weight is 301 g/mol. The number of rotatable bonds is 7. The van der Waals surface area contributed by atoms with E-state index in [1.807, 2.05) is 4.57 Å². The van der Waals surface area contributed by atoms with E-state index in [1.54, 1.807) is 24.7 Å². The lowest BCUT2D eigenvalue weighted by molar-refractivity contribution is 0.0895. The Morgan fingerprint density at radius 2 is 2.00 bits per heavy atom. The Balaban J connectivity index is 2.15. The molecule has 0 aliphatic heterocycles. The predicted molar refractivity (Wildman–Crippen MR) is 91.8 cm³/mol. The summed E-state index contributed by atoms with van der Waals surface area (Å²) >= 11 is 0. The van der Waals surface area contributed by atoms with Gasteiger partial charge in [-0.2, -0.15) is 0 Å². The van der Waals surface area contributed by atoms with E-state index in [9.17, 15) is 0 Å². The van der Waals surface area contributed by atoms with Crippen LogP contribution in [0, 0.1) is 0 Å². The van der Waals surface area contributed by atoms with E-state index in [0.717, 1.165) is 34.9 Å². The van der Waals surface area contributed by atoms with Crippen molar-refractivity contribution in [1.82, 2.24) is 14.5 Å². The minimum atomic E-state index is -1.05. The molecule has 0 amide bonds. The highest BCUT2D eigenvalue weighted by molar-refractivity contribution is 6.76. The minimum absolute atomic E-state index is 0.484. The molecule has 0 fully saturated rings. The third-order valence-electron chi connectivity index (χ3n) is 3.35. The zero-order valence-corrected chi connectivity index (χ0v) is 14.1. The molecule has 2 heterocycles. The summed E-state index contributed by atoms with van der Waals surface area (Å²) < 4.78 is 7.69. The van der Waals surface area contributed by atoms with Crippen molar-refractivity contribution < 1.29 is 4.74 Å². The van der Waals surface area contributed by atoms with Crippen molar-refractivity contribution in [3.8, 4) is 0 Å². The first-order chi connectivity index (χ1) is 9.96. The quantitative estimate of drug-likeness (QED) is 0.572. The van der Waals surface area contributed by atoms with E-state index < -0.39 is 8.07 Å². The molecule has 0 bridgehead atoms. The van der Waals surface area contributed by atoms with Gasteiger partial charge in [0.25, 0.3) is 0 Å². The van der Waals surface area contributed by atoms with Gasteiger partial charge in [-0.3, -0.25) is 4.57 Å². The summed E-state index contributed by atoms with van der Waals surface area (Å²) in [7, 11) is -1.05. The third kappa shape index (κ3) is 3.68. The third-order valence-corrected chi connectivity index (χ3v) is 5.06. The molecule has 0 atom stereocenters. The van der Waals surface area contributed by atoms with Crippen LogP contribution in [0.1, 0.15) is 11.1 Å². The SMILES string of the molecule is C=Cc1cnc2c(ncn2COCC[Si](C)(C)C)c1C=C. The number of pyridine rings is 1. The Bertz CT molecular complexity index is 655. The molecule has 0 aliphatic carbocycles. The van der Waals surface area contributed by atoms with Crippen molar-refractivity contribution in [2.75, 3.05) is 6.61 Å². The lowest BCUT2D eigenvalue weighted by Crippen LogP contribution is -2.22. The molecule has 0 N–H and O–H groups in total. The van der Waals surface area contributed by atoms with E-state index in [4.69, 9.17) is 4.74 Å². The molecule has 0 saturated heterocycles. The van der Waals surface area contributed by atoms with Crippen LogP contribution in [0.15, 0.2) is 25.7 Å². The molecule has 5 heteroatoms. The number of nitrogens with zero attached hydrogens (tertiary/aromatic N) is 3. The zero-order valence-electron chi connectivity index (χ0n) is 13.1. The molecule has 112 valence electrons. The molecular formula is C16H23N3OSi. The van der Waals surface area contributed by atoms with Gasteiger partial charge in [-0.25, -0.2) is 9.97 Å². The number of imidazole rings is 1. The molecule has 0 spiro atoms. The van der Waals surface area contributed by atoms with Crippen molar-refractivity contribution in [1.29, 1.82) is 0 Å². The monoisotopic (exact) mass is 301 g/mol. The number of fused-ring (bicyclic) bond motifs is 1. The van der Waals surface area contributed by atoms with Gasteiger partial charge in [0.2, 0.25) is 0 Å². The summed E-state index contributed by atoms with van der Waals surface area (Å²) in [6.45, 7) is 15.9. The lowest BCUT2D eigenvalue weighted by atomic mass is 10.1. The van der Waals surface area contributed by atoms with Gasteiger partial charge in [-0.1, -0.05) is 45.0 Å². The van der Waals surface area contributed by atoms with Gasteiger partial charge in [0.05, 0.1) is 6.33 Å². The van der Waals surface area contributed by atoms with Gasteiger partial charge >= 0.3 is 0 Å². The maximum absolute atomic E-state index is 5.76. The van der Waals surface area contributed by atoms with Crippen LogP contribution in [0.25, 0.3) is 23.3 Å². The fourth-order valence-corrected chi connectivity index (χ4v) is 2.81. The van der Waals surface area contributed by atoms with Gasteiger partial charge in [-0.05, 0) is 6.04 Å². The smallest absolute Gasteiger partial charge is 0.162 e. The lowest BCUT2D eigenvalue weighted by Gasteiger charge is -2.15. The van der Waals surface area contributed by atoms with Crippen LogP contribution >= 0.6 is 0 Å². The molecule has 2 aromatic heterocycles. The van der Waals surface area contributed by atoms with Gasteiger partial charge < -0.3 is 4.74 Å². The van der Waals surface area contributed by atoms with Crippen molar-refractivity contribution in [2.45, 2.75) is 32.4 Å². The highest BCUT2D eigenvalue weighted by atomic mass is 28.3. The molecule has 0 aliphatic rings. The predicted octanol–water partition coefficient (Wildman–Crippen LogP) is 4.03. The second-order valence-corrected chi connectivity index (χ2v) is 11.9. The summed E-state index contributed by atoms with van der Waals surface area (Å²) in [5, 5.41) is 0. The summed E-state index contributed by atoms with van der Waals surface area (Å²) in [5.41, 5.74) is 3.58. The van der Waals surface area contributed by atoms with Crippen molar-refractivity contribution in [3.63, 3.8) is 0 Å². The first-order valence-corrected chi connectivity index (χ1v) is 10.8. The molecule has 0 unspecified atom stereocenters. The summed E-state index contributed by atoms with van der Waals surface area (Å²) in [6, 6.07) is 1.16. The van der Waals surface area contributed by atoms with Crippen molar-refractivity contribution in [2.24, 2.45) is 0 Å². The van der Waals surface area contributed by atoms with Crippen LogP contribution in [0.4, 0.5) is 0 Å². The molecule has 4 nitrogen and oxygen atoms in total. The van der Waals surface area contributed by atoms with Crippen LogP contribution < -0.4 is 0 Å². The zero-order chi connectivity index (χ0) is 15.5. The van der Waals surface area contributed by atoms with E-state index in [2.05, 4.69) is 42.8 Å². The van der Waals surface area contributed by atoms with Crippen LogP contribution in [-0.4, -0.2) is 29.2 Å². The average Bonchev–Trinajstić information content (AvgIpc) is 2.84. The second kappa shape index (κ2) is 6.36. The first-order valence-electron chi connectivity index (χ1n) is 7.13. The topological polar surface area (TPSA) is 39.9 Å². The number of hydrogen-bond donors (Lipinski definition) is 0. The maximum Gasteiger partial charge on any atom is 0.162 e. The van der Waals surface area contributed by atoms with Gasteiger partial charge in [0, 0.05) is 32.0 Å². The highest BCUT2D eigenvalue weighted by Gasteiger charge is 2.13. The van der Waals surface area contributed by atoms with Crippen molar-refractivity contribution in [3.05, 3.63) is 36.8 Å². The van der Waals surface area contributed by atoms with Crippen LogP contribution in [0.5, 0.6) is 0 Å². The normalized spacial score (nSPS) is 11.8. The minimum Gasteiger partial charge on any atom is -0.361 e. The summed E-state index contributed by atoms with van der Waals surface area (Å²) in [4.78, 5) is 8.89. The van der Waals surface area contributed by atoms with E-state index in [0.29, 0.717) is 6.73 Å². The Kier molecular flexibility index (Phi) is 4.75. The number of aromatic nitrogens is 3. The molecule has 21 heavy (non-hydrogen) atoms. The van der Waals surface area contributed by atoms with Crippen LogP contribution in [-0.2, 0) is 11.5 Å². The Hall–Kier alpha value is -1.72. The number of hydrogen-bond acceptors (Lipinski definition) is 3. The fraction of sp³-hybridized carbons (Fsp3) is 0.375. The maximum atomic E-state index is 5.76. The highest BCUT2D eigenvalue weighted by Crippen LogP contribution is 2.21.